The van der Waals surface area contributed by atoms with Crippen LogP contribution in [0.15, 0.2) is 58.3 Å². The predicted molar refractivity (Wildman–Crippen MR) is 108 cm³/mol. The van der Waals surface area contributed by atoms with Gasteiger partial charge in [0.15, 0.2) is 0 Å². The van der Waals surface area contributed by atoms with E-state index in [2.05, 4.69) is 11.4 Å². The Bertz CT molecular complexity index is 911. The van der Waals surface area contributed by atoms with E-state index in [9.17, 15) is 13.2 Å². The van der Waals surface area contributed by atoms with Gasteiger partial charge in [-0.1, -0.05) is 24.3 Å². The number of nitrogens with one attached hydrogen (secondary N) is 1. The van der Waals surface area contributed by atoms with E-state index < -0.39 is 10.0 Å². The molecule has 1 aliphatic rings. The normalized spacial score (nSPS) is 16.8. The topological polar surface area (TPSA) is 66.5 Å². The van der Waals surface area contributed by atoms with E-state index in [0.29, 0.717) is 0 Å². The number of hydrogen-bond acceptors (Lipinski definition) is 4. The molecule has 1 aliphatic carbocycles. The number of fused-ring (bicyclic) bond motifs is 1. The van der Waals surface area contributed by atoms with E-state index in [1.165, 1.54) is 12.6 Å². The first-order valence-corrected chi connectivity index (χ1v) is 11.6. The van der Waals surface area contributed by atoms with Crippen LogP contribution in [0.2, 0.25) is 0 Å². The van der Waals surface area contributed by atoms with Gasteiger partial charge in [-0.2, -0.15) is 4.31 Å². The molecular weight excluding hydrogens is 380 g/mol. The van der Waals surface area contributed by atoms with Crippen molar-refractivity contribution in [3.8, 4) is 0 Å². The zero-order chi connectivity index (χ0) is 19.4. The van der Waals surface area contributed by atoms with Gasteiger partial charge in [-0.3, -0.25) is 4.79 Å². The fraction of sp³-hybridized carbons (Fsp3) is 0.350. The van der Waals surface area contributed by atoms with Crippen LogP contribution < -0.4 is 5.32 Å². The van der Waals surface area contributed by atoms with E-state index in [-0.39, 0.29) is 23.4 Å². The quantitative estimate of drug-likeness (QED) is 0.751. The average molecular weight is 405 g/mol. The molecule has 0 saturated carbocycles. The van der Waals surface area contributed by atoms with E-state index in [1.807, 2.05) is 24.5 Å². The highest BCUT2D eigenvalue weighted by Crippen LogP contribution is 2.29. The van der Waals surface area contributed by atoms with Crippen molar-refractivity contribution in [2.75, 3.05) is 19.8 Å². The standard InChI is InChI=1S/C20H24N2O3S2/c1-22(27(24,25)17-12-10-16(26-2)11-13-17)14-20(23)21-19-9-5-7-15-6-3-4-8-18(15)19/h3-4,6,8,10-13,19H,5,7,9,14H2,1-2H3,(H,21,23)/t19-/m0/s1. The van der Waals surface area contributed by atoms with Gasteiger partial charge in [0.25, 0.3) is 0 Å². The van der Waals surface area contributed by atoms with Gasteiger partial charge in [-0.15, -0.1) is 11.8 Å². The first kappa shape index (κ1) is 19.9. The molecular formula is C20H24N2O3S2. The first-order chi connectivity index (χ1) is 12.9. The highest BCUT2D eigenvalue weighted by atomic mass is 32.2. The number of carbonyl (C=O) groups excluding carboxylic acids is 1. The second kappa shape index (κ2) is 8.46. The van der Waals surface area contributed by atoms with Gasteiger partial charge >= 0.3 is 0 Å². The Morgan fingerprint density at radius 2 is 1.89 bits per heavy atom. The van der Waals surface area contributed by atoms with E-state index >= 15 is 0 Å². The summed E-state index contributed by atoms with van der Waals surface area (Å²) in [5.74, 6) is -0.288. The molecule has 5 nitrogen and oxygen atoms in total. The third kappa shape index (κ3) is 4.54. The molecule has 27 heavy (non-hydrogen) atoms. The lowest BCUT2D eigenvalue weighted by atomic mass is 9.88. The Kier molecular flexibility index (Phi) is 6.24. The Morgan fingerprint density at radius 3 is 2.59 bits per heavy atom. The van der Waals surface area contributed by atoms with Gasteiger partial charge in [0.2, 0.25) is 15.9 Å². The molecule has 2 aromatic carbocycles. The van der Waals surface area contributed by atoms with E-state index in [0.717, 1.165) is 34.0 Å². The SMILES string of the molecule is CSc1ccc(S(=O)(=O)N(C)CC(=O)N[C@H]2CCCc3ccccc32)cc1. The summed E-state index contributed by atoms with van der Waals surface area (Å²) < 4.78 is 26.5. The van der Waals surface area contributed by atoms with Crippen LogP contribution in [0.25, 0.3) is 0 Å². The predicted octanol–water partition coefficient (Wildman–Crippen LogP) is 3.22. The third-order valence-electron chi connectivity index (χ3n) is 4.84. The van der Waals surface area contributed by atoms with Crippen molar-refractivity contribution < 1.29 is 13.2 Å². The van der Waals surface area contributed by atoms with E-state index in [4.69, 9.17) is 0 Å². The molecule has 0 saturated heterocycles. The molecule has 0 aliphatic heterocycles. The summed E-state index contributed by atoms with van der Waals surface area (Å²) >= 11 is 1.55. The fourth-order valence-corrected chi connectivity index (χ4v) is 4.89. The molecule has 0 unspecified atom stereocenters. The molecule has 0 heterocycles. The summed E-state index contributed by atoms with van der Waals surface area (Å²) in [6, 6.07) is 14.7. The third-order valence-corrected chi connectivity index (χ3v) is 7.40. The van der Waals surface area contributed by atoms with Crippen molar-refractivity contribution in [3.63, 3.8) is 0 Å². The molecule has 0 aromatic heterocycles. The minimum absolute atomic E-state index is 0.0561. The number of nitrogens with zero attached hydrogens (tertiary/aromatic N) is 1. The van der Waals surface area contributed by atoms with Gasteiger partial charge < -0.3 is 5.32 Å². The van der Waals surface area contributed by atoms with Crippen molar-refractivity contribution in [1.29, 1.82) is 0 Å². The maximum absolute atomic E-state index is 12.7. The average Bonchev–Trinajstić information content (AvgIpc) is 2.68. The fourth-order valence-electron chi connectivity index (χ4n) is 3.36. The minimum Gasteiger partial charge on any atom is -0.348 e. The van der Waals surface area contributed by atoms with Crippen LogP contribution in [0.5, 0.6) is 0 Å². The molecule has 144 valence electrons. The Morgan fingerprint density at radius 1 is 1.19 bits per heavy atom. The van der Waals surface area contributed by atoms with Gasteiger partial charge in [-0.05, 0) is 60.9 Å². The summed E-state index contributed by atoms with van der Waals surface area (Å²) in [6.45, 7) is -0.203. The monoisotopic (exact) mass is 404 g/mol. The largest absolute Gasteiger partial charge is 0.348 e. The molecule has 3 rings (SSSR count). The molecule has 0 fully saturated rings. The molecule has 1 N–H and O–H groups in total. The van der Waals surface area contributed by atoms with E-state index in [1.54, 1.807) is 36.0 Å². The van der Waals surface area contributed by atoms with Gasteiger partial charge in [0.05, 0.1) is 17.5 Å². The first-order valence-electron chi connectivity index (χ1n) is 8.89. The number of rotatable bonds is 6. The highest BCUT2D eigenvalue weighted by Gasteiger charge is 2.26. The summed E-state index contributed by atoms with van der Waals surface area (Å²) in [4.78, 5) is 13.7. The molecule has 0 radical (unpaired) electrons. The Balaban J connectivity index is 1.67. The smallest absolute Gasteiger partial charge is 0.243 e. The number of aryl methyl sites for hydroxylation is 1. The maximum atomic E-state index is 12.7. The maximum Gasteiger partial charge on any atom is 0.243 e. The molecule has 2 aromatic rings. The van der Waals surface area contributed by atoms with Crippen LogP contribution in [0.4, 0.5) is 0 Å². The van der Waals surface area contributed by atoms with Crippen molar-refractivity contribution in [2.45, 2.75) is 35.1 Å². The number of carbonyl (C=O) groups is 1. The second-order valence-electron chi connectivity index (χ2n) is 6.65. The van der Waals surface area contributed by atoms with Crippen molar-refractivity contribution >= 4 is 27.7 Å². The Labute approximate surface area is 165 Å². The van der Waals surface area contributed by atoms with Crippen LogP contribution in [0.3, 0.4) is 0 Å². The number of thioether (sulfide) groups is 1. The number of hydrogen-bond donors (Lipinski definition) is 1. The number of sulfonamides is 1. The number of likely N-dealkylation sites (N-methyl/N-ethyl adjacent to an activating group) is 1. The van der Waals surface area contributed by atoms with Gasteiger partial charge in [0, 0.05) is 11.9 Å². The summed E-state index contributed by atoms with van der Waals surface area (Å²) in [7, 11) is -2.26. The summed E-state index contributed by atoms with van der Waals surface area (Å²) in [6.07, 6.45) is 4.83. The second-order valence-corrected chi connectivity index (χ2v) is 9.57. The van der Waals surface area contributed by atoms with Crippen molar-refractivity contribution in [1.82, 2.24) is 9.62 Å². The molecule has 1 amide bonds. The van der Waals surface area contributed by atoms with Gasteiger partial charge in [0.1, 0.15) is 0 Å². The van der Waals surface area contributed by atoms with Crippen LogP contribution >= 0.6 is 11.8 Å². The van der Waals surface area contributed by atoms with Crippen LogP contribution in [0.1, 0.15) is 30.0 Å². The number of amides is 1. The summed E-state index contributed by atoms with van der Waals surface area (Å²) in [5.41, 5.74) is 2.39. The molecule has 0 bridgehead atoms. The lowest BCUT2D eigenvalue weighted by Crippen LogP contribution is -2.40. The van der Waals surface area contributed by atoms with Crippen molar-refractivity contribution in [2.24, 2.45) is 0 Å². The lowest BCUT2D eigenvalue weighted by Gasteiger charge is -2.27. The summed E-state index contributed by atoms with van der Waals surface area (Å²) in [5, 5.41) is 3.00. The zero-order valence-electron chi connectivity index (χ0n) is 15.5. The van der Waals surface area contributed by atoms with Crippen molar-refractivity contribution in [3.05, 3.63) is 59.7 Å². The molecule has 7 heteroatoms. The Hall–Kier alpha value is -1.83. The highest BCUT2D eigenvalue weighted by molar-refractivity contribution is 7.98. The lowest BCUT2D eigenvalue weighted by molar-refractivity contribution is -0.122. The van der Waals surface area contributed by atoms with Gasteiger partial charge in [-0.25, -0.2) is 8.42 Å². The molecule has 1 atom stereocenters. The molecule has 0 spiro atoms. The van der Waals surface area contributed by atoms with Crippen LogP contribution in [-0.4, -0.2) is 38.5 Å². The minimum atomic E-state index is -3.70. The van der Waals surface area contributed by atoms with Crippen LogP contribution in [0, 0.1) is 0 Å². The van der Waals surface area contributed by atoms with Crippen LogP contribution in [-0.2, 0) is 21.2 Å². The zero-order valence-corrected chi connectivity index (χ0v) is 17.1. The number of benzene rings is 2.